The molecule has 0 bridgehead atoms. The van der Waals surface area contributed by atoms with Crippen LogP contribution in [0.3, 0.4) is 0 Å². The number of aliphatic hydroxyl groups excluding tert-OH is 1. The highest BCUT2D eigenvalue weighted by molar-refractivity contribution is 9.10. The SMILES string of the molecule is CC(O)C(Sc1ccc(N)cc1)n1c2ccc(Br)cc2c2cc(Br)ccc21. The van der Waals surface area contributed by atoms with Gasteiger partial charge < -0.3 is 15.4 Å². The van der Waals surface area contributed by atoms with Crippen LogP contribution in [0.4, 0.5) is 5.69 Å². The van der Waals surface area contributed by atoms with E-state index in [-0.39, 0.29) is 5.37 Å². The van der Waals surface area contributed by atoms with Crippen LogP contribution in [0.1, 0.15) is 12.3 Å². The van der Waals surface area contributed by atoms with Crippen LogP contribution in [0.2, 0.25) is 0 Å². The van der Waals surface area contributed by atoms with E-state index < -0.39 is 6.10 Å². The molecule has 0 amide bonds. The number of halogens is 2. The molecule has 0 aliphatic rings. The first-order chi connectivity index (χ1) is 12.9. The Labute approximate surface area is 178 Å². The van der Waals surface area contributed by atoms with Crippen molar-refractivity contribution in [3.63, 3.8) is 0 Å². The molecule has 3 aromatic carbocycles. The second-order valence-electron chi connectivity index (χ2n) is 6.51. The maximum absolute atomic E-state index is 10.6. The van der Waals surface area contributed by atoms with Crippen LogP contribution in [0, 0.1) is 0 Å². The normalized spacial score (nSPS) is 13.9. The Morgan fingerprint density at radius 3 is 1.89 bits per heavy atom. The van der Waals surface area contributed by atoms with E-state index in [0.29, 0.717) is 0 Å². The van der Waals surface area contributed by atoms with Gasteiger partial charge in [-0.25, -0.2) is 0 Å². The number of aromatic nitrogens is 1. The zero-order valence-electron chi connectivity index (χ0n) is 14.6. The molecule has 1 heterocycles. The van der Waals surface area contributed by atoms with E-state index in [1.165, 1.54) is 0 Å². The standard InChI is InChI=1S/C21H18Br2N2OS/c1-12(26)21(27-16-6-4-15(24)5-7-16)25-19-8-2-13(22)10-17(19)18-11-14(23)3-9-20(18)25/h2-12,21,26H,24H2,1H3. The zero-order valence-corrected chi connectivity index (χ0v) is 18.6. The number of hydrogen-bond acceptors (Lipinski definition) is 3. The summed E-state index contributed by atoms with van der Waals surface area (Å²) in [6, 6.07) is 20.3. The van der Waals surface area contributed by atoms with Crippen molar-refractivity contribution in [3.8, 4) is 0 Å². The molecular formula is C21H18Br2N2OS. The van der Waals surface area contributed by atoms with E-state index in [2.05, 4.69) is 60.7 Å². The lowest BCUT2D eigenvalue weighted by atomic mass is 10.2. The minimum absolute atomic E-state index is 0.170. The van der Waals surface area contributed by atoms with Crippen LogP contribution in [-0.2, 0) is 0 Å². The fraction of sp³-hybridized carbons (Fsp3) is 0.143. The average molecular weight is 506 g/mol. The van der Waals surface area contributed by atoms with Crippen molar-refractivity contribution in [2.75, 3.05) is 5.73 Å². The van der Waals surface area contributed by atoms with E-state index in [4.69, 9.17) is 5.73 Å². The number of aliphatic hydroxyl groups is 1. The minimum atomic E-state index is -0.543. The molecule has 1 aromatic heterocycles. The Morgan fingerprint density at radius 1 is 0.889 bits per heavy atom. The van der Waals surface area contributed by atoms with E-state index in [9.17, 15) is 5.11 Å². The number of nitrogens with zero attached hydrogens (tertiary/aromatic N) is 1. The van der Waals surface area contributed by atoms with Gasteiger partial charge in [-0.05, 0) is 67.6 Å². The highest BCUT2D eigenvalue weighted by atomic mass is 79.9. The largest absolute Gasteiger partial charge is 0.399 e. The number of rotatable bonds is 4. The third-order valence-electron chi connectivity index (χ3n) is 4.53. The third-order valence-corrected chi connectivity index (χ3v) is 6.91. The molecule has 0 radical (unpaired) electrons. The number of nitrogens with two attached hydrogens (primary N) is 1. The fourth-order valence-corrected chi connectivity index (χ4v) is 5.15. The molecule has 6 heteroatoms. The van der Waals surface area contributed by atoms with E-state index in [1.54, 1.807) is 11.8 Å². The summed E-state index contributed by atoms with van der Waals surface area (Å²) in [6.45, 7) is 1.84. The van der Waals surface area contributed by atoms with Crippen molar-refractivity contribution in [1.29, 1.82) is 0 Å². The summed E-state index contributed by atoms with van der Waals surface area (Å²) in [5.74, 6) is 0. The number of nitrogen functional groups attached to an aromatic ring is 1. The first kappa shape index (κ1) is 18.9. The van der Waals surface area contributed by atoms with Crippen molar-refractivity contribution in [2.45, 2.75) is 23.3 Å². The molecule has 0 aliphatic heterocycles. The molecule has 0 saturated heterocycles. The van der Waals surface area contributed by atoms with Gasteiger partial charge in [0.1, 0.15) is 5.37 Å². The van der Waals surface area contributed by atoms with Crippen LogP contribution in [-0.4, -0.2) is 15.8 Å². The highest BCUT2D eigenvalue weighted by Gasteiger charge is 2.23. The van der Waals surface area contributed by atoms with Gasteiger partial charge in [0.15, 0.2) is 0 Å². The molecule has 2 atom stereocenters. The number of hydrogen-bond donors (Lipinski definition) is 2. The maximum Gasteiger partial charge on any atom is 0.110 e. The molecule has 0 spiro atoms. The zero-order chi connectivity index (χ0) is 19.1. The molecule has 0 aliphatic carbocycles. The summed E-state index contributed by atoms with van der Waals surface area (Å²) in [5.41, 5.74) is 8.75. The fourth-order valence-electron chi connectivity index (χ4n) is 3.32. The first-order valence-electron chi connectivity index (χ1n) is 8.53. The lowest BCUT2D eigenvalue weighted by molar-refractivity contribution is 0.172. The van der Waals surface area contributed by atoms with Gasteiger partial charge >= 0.3 is 0 Å². The quantitative estimate of drug-likeness (QED) is 0.243. The van der Waals surface area contributed by atoms with Gasteiger partial charge in [-0.1, -0.05) is 43.6 Å². The Morgan fingerprint density at radius 2 is 1.41 bits per heavy atom. The molecule has 0 fully saturated rings. The van der Waals surface area contributed by atoms with Crippen LogP contribution < -0.4 is 5.73 Å². The van der Waals surface area contributed by atoms with Crippen LogP contribution in [0.15, 0.2) is 74.5 Å². The van der Waals surface area contributed by atoms with Crippen LogP contribution >= 0.6 is 43.6 Å². The molecule has 3 N–H and O–H groups in total. The summed E-state index contributed by atoms with van der Waals surface area (Å²) in [6.07, 6.45) is -0.543. The van der Waals surface area contributed by atoms with Crippen molar-refractivity contribution in [1.82, 2.24) is 4.57 Å². The minimum Gasteiger partial charge on any atom is -0.399 e. The monoisotopic (exact) mass is 504 g/mol. The average Bonchev–Trinajstić information content (AvgIpc) is 2.94. The summed E-state index contributed by atoms with van der Waals surface area (Å²) in [7, 11) is 0. The topological polar surface area (TPSA) is 51.2 Å². The smallest absolute Gasteiger partial charge is 0.110 e. The Bertz CT molecular complexity index is 1060. The molecule has 27 heavy (non-hydrogen) atoms. The highest BCUT2D eigenvalue weighted by Crippen LogP contribution is 2.42. The number of fused-ring (bicyclic) bond motifs is 3. The van der Waals surface area contributed by atoms with Gasteiger partial charge in [0.25, 0.3) is 0 Å². The molecular weight excluding hydrogens is 488 g/mol. The molecule has 0 saturated carbocycles. The van der Waals surface area contributed by atoms with Crippen LogP contribution in [0.5, 0.6) is 0 Å². The van der Waals surface area contributed by atoms with Crippen molar-refractivity contribution >= 4 is 71.1 Å². The summed E-state index contributed by atoms with van der Waals surface area (Å²) < 4.78 is 4.30. The third kappa shape index (κ3) is 3.63. The van der Waals surface area contributed by atoms with Gasteiger partial charge in [-0.15, -0.1) is 0 Å². The molecule has 138 valence electrons. The Hall–Kier alpha value is -1.47. The lowest BCUT2D eigenvalue weighted by Gasteiger charge is -2.24. The number of benzene rings is 3. The Balaban J connectivity index is 1.94. The predicted molar refractivity (Wildman–Crippen MR) is 122 cm³/mol. The molecule has 4 aromatic rings. The predicted octanol–water partition coefficient (Wildman–Crippen LogP) is 6.57. The first-order valence-corrected chi connectivity index (χ1v) is 11.0. The van der Waals surface area contributed by atoms with Gasteiger partial charge in [-0.2, -0.15) is 0 Å². The van der Waals surface area contributed by atoms with Crippen molar-refractivity contribution in [3.05, 3.63) is 69.6 Å². The van der Waals surface area contributed by atoms with Crippen LogP contribution in [0.25, 0.3) is 21.8 Å². The van der Waals surface area contributed by atoms with Gasteiger partial charge in [0.05, 0.1) is 17.1 Å². The molecule has 4 rings (SSSR count). The van der Waals surface area contributed by atoms with E-state index in [0.717, 1.165) is 41.3 Å². The molecule has 3 nitrogen and oxygen atoms in total. The van der Waals surface area contributed by atoms with Crippen molar-refractivity contribution < 1.29 is 5.11 Å². The lowest BCUT2D eigenvalue weighted by Crippen LogP contribution is -2.18. The summed E-state index contributed by atoms with van der Waals surface area (Å²) >= 11 is 8.81. The van der Waals surface area contributed by atoms with Gasteiger partial charge in [0, 0.05) is 30.3 Å². The van der Waals surface area contributed by atoms with E-state index >= 15 is 0 Å². The Kier molecular flexibility index (Phi) is 5.25. The number of thioether (sulfide) groups is 1. The maximum atomic E-state index is 10.6. The second kappa shape index (κ2) is 7.51. The van der Waals surface area contributed by atoms with E-state index in [1.807, 2.05) is 43.3 Å². The second-order valence-corrected chi connectivity index (χ2v) is 9.53. The number of anilines is 1. The van der Waals surface area contributed by atoms with Gasteiger partial charge in [-0.3, -0.25) is 0 Å². The van der Waals surface area contributed by atoms with Gasteiger partial charge in [0.2, 0.25) is 0 Å². The van der Waals surface area contributed by atoms with Crippen molar-refractivity contribution in [2.24, 2.45) is 0 Å². The molecule has 2 unspecified atom stereocenters. The summed E-state index contributed by atoms with van der Waals surface area (Å²) in [5, 5.41) is 12.8. The summed E-state index contributed by atoms with van der Waals surface area (Å²) in [4.78, 5) is 1.07.